The summed E-state index contributed by atoms with van der Waals surface area (Å²) in [6, 6.07) is 2.48. The minimum absolute atomic E-state index is 0. The summed E-state index contributed by atoms with van der Waals surface area (Å²) in [5.41, 5.74) is 0. The molecule has 1 saturated heterocycles. The second-order valence-corrected chi connectivity index (χ2v) is 7.63. The first-order valence-electron chi connectivity index (χ1n) is 8.75. The lowest BCUT2D eigenvalue weighted by Crippen LogP contribution is -2.56. The van der Waals surface area contributed by atoms with Crippen LogP contribution in [-0.4, -0.2) is 85.6 Å². The fourth-order valence-corrected chi connectivity index (χ4v) is 3.30. The average Bonchev–Trinajstić information content (AvgIpc) is 3.13. The van der Waals surface area contributed by atoms with Crippen molar-refractivity contribution in [2.24, 2.45) is 4.99 Å². The van der Waals surface area contributed by atoms with Gasteiger partial charge in [-0.3, -0.25) is 9.69 Å². The summed E-state index contributed by atoms with van der Waals surface area (Å²) in [6.07, 6.45) is -4.23. The van der Waals surface area contributed by atoms with Crippen LogP contribution in [0.15, 0.2) is 22.5 Å². The van der Waals surface area contributed by atoms with Crippen molar-refractivity contribution in [3.8, 4) is 0 Å². The van der Waals surface area contributed by atoms with Crippen molar-refractivity contribution >= 4 is 47.2 Å². The molecular weight excluding hydrogens is 506 g/mol. The van der Waals surface area contributed by atoms with Crippen LogP contribution in [0, 0.1) is 0 Å². The van der Waals surface area contributed by atoms with E-state index < -0.39 is 12.2 Å². The van der Waals surface area contributed by atoms with Crippen molar-refractivity contribution < 1.29 is 18.0 Å². The zero-order valence-corrected chi connectivity index (χ0v) is 19.3. The molecule has 160 valence electrons. The normalized spacial score (nSPS) is 17.1. The van der Waals surface area contributed by atoms with E-state index in [1.165, 1.54) is 16.7 Å². The molecule has 0 aliphatic carbocycles. The van der Waals surface area contributed by atoms with Gasteiger partial charge in [-0.05, 0) is 18.4 Å². The molecule has 0 spiro atoms. The fraction of sp³-hybridized carbons (Fsp3) is 0.647. The molecule has 1 aromatic rings. The Morgan fingerprint density at radius 1 is 1.32 bits per heavy atom. The Balaban J connectivity index is 0.00000392. The predicted molar refractivity (Wildman–Crippen MR) is 116 cm³/mol. The first-order chi connectivity index (χ1) is 12.7. The second-order valence-electron chi connectivity index (χ2n) is 6.60. The quantitative estimate of drug-likeness (QED) is 0.359. The third-order valence-corrected chi connectivity index (χ3v) is 5.38. The Morgan fingerprint density at radius 2 is 1.96 bits per heavy atom. The van der Waals surface area contributed by atoms with Crippen molar-refractivity contribution in [2.75, 3.05) is 46.8 Å². The van der Waals surface area contributed by atoms with Gasteiger partial charge in [-0.25, -0.2) is 4.99 Å². The Labute approximate surface area is 184 Å². The minimum Gasteiger partial charge on any atom is -0.351 e. The topological polar surface area (TPSA) is 51.2 Å². The summed E-state index contributed by atoms with van der Waals surface area (Å²) in [5.74, 6) is 0.424. The first kappa shape index (κ1) is 25.0. The lowest BCUT2D eigenvalue weighted by molar-refractivity contribution is -0.181. The van der Waals surface area contributed by atoms with E-state index in [1.807, 2.05) is 22.4 Å². The molecule has 2 rings (SSSR count). The number of piperazine rings is 1. The van der Waals surface area contributed by atoms with Gasteiger partial charge < -0.3 is 15.1 Å². The highest BCUT2D eigenvalue weighted by Crippen LogP contribution is 2.25. The van der Waals surface area contributed by atoms with Crippen LogP contribution in [0.3, 0.4) is 0 Å². The highest BCUT2D eigenvalue weighted by atomic mass is 127. The minimum atomic E-state index is -4.23. The number of aliphatic imine (C=N–C) groups is 1. The van der Waals surface area contributed by atoms with Gasteiger partial charge in [0.15, 0.2) is 5.96 Å². The van der Waals surface area contributed by atoms with E-state index >= 15 is 0 Å². The van der Waals surface area contributed by atoms with Crippen LogP contribution in [0.1, 0.15) is 11.8 Å². The van der Waals surface area contributed by atoms with Crippen molar-refractivity contribution in [1.29, 1.82) is 0 Å². The maximum absolute atomic E-state index is 12.9. The van der Waals surface area contributed by atoms with Crippen LogP contribution in [0.25, 0.3) is 0 Å². The van der Waals surface area contributed by atoms with E-state index in [0.717, 1.165) is 4.88 Å². The van der Waals surface area contributed by atoms with Gasteiger partial charge in [0.1, 0.15) is 12.6 Å². The van der Waals surface area contributed by atoms with E-state index in [1.54, 1.807) is 25.4 Å². The molecule has 28 heavy (non-hydrogen) atoms. The fourth-order valence-electron chi connectivity index (χ4n) is 2.66. The molecule has 0 radical (unpaired) electrons. The van der Waals surface area contributed by atoms with Gasteiger partial charge in [0.05, 0.1) is 6.54 Å². The Bertz CT molecular complexity index is 631. The van der Waals surface area contributed by atoms with Gasteiger partial charge in [0.2, 0.25) is 5.91 Å². The summed E-state index contributed by atoms with van der Waals surface area (Å²) in [7, 11) is 3.32. The molecule has 1 fully saturated rings. The van der Waals surface area contributed by atoms with Crippen LogP contribution in [-0.2, 0) is 11.3 Å². The van der Waals surface area contributed by atoms with E-state index in [-0.39, 0.29) is 36.4 Å². The van der Waals surface area contributed by atoms with Gasteiger partial charge >= 0.3 is 6.18 Å². The molecule has 1 amide bonds. The lowest BCUT2D eigenvalue weighted by Gasteiger charge is -2.39. The number of hydrogen-bond acceptors (Lipinski definition) is 4. The third kappa shape index (κ3) is 7.39. The van der Waals surface area contributed by atoms with Gasteiger partial charge in [0, 0.05) is 45.2 Å². The number of likely N-dealkylation sites (N-methyl/N-ethyl adjacent to an activating group) is 1. The molecule has 0 aromatic carbocycles. The second kappa shape index (κ2) is 11.2. The predicted octanol–water partition coefficient (Wildman–Crippen LogP) is 2.47. The van der Waals surface area contributed by atoms with Crippen LogP contribution in [0.4, 0.5) is 13.2 Å². The number of rotatable bonds is 5. The average molecular weight is 533 g/mol. The molecule has 6 nitrogen and oxygen atoms in total. The zero-order valence-electron chi connectivity index (χ0n) is 16.2. The summed E-state index contributed by atoms with van der Waals surface area (Å²) in [6.45, 7) is 3.18. The maximum atomic E-state index is 12.9. The highest BCUT2D eigenvalue weighted by Gasteiger charge is 2.41. The number of halogens is 4. The summed E-state index contributed by atoms with van der Waals surface area (Å²) >= 11 is 1.60. The number of nitrogens with zero attached hydrogens (tertiary/aromatic N) is 4. The SMILES string of the molecule is CC(N1CCN(C(=NCC(=O)N(C)C)NCc2cccs2)CC1)C(F)(F)F.I. The highest BCUT2D eigenvalue weighted by molar-refractivity contribution is 14.0. The largest absolute Gasteiger partial charge is 0.403 e. The maximum Gasteiger partial charge on any atom is 0.403 e. The monoisotopic (exact) mass is 533 g/mol. The number of alkyl halides is 3. The molecule has 0 saturated carbocycles. The molecule has 1 aliphatic rings. The molecule has 1 N–H and O–H groups in total. The summed E-state index contributed by atoms with van der Waals surface area (Å²) < 4.78 is 38.8. The van der Waals surface area contributed by atoms with Crippen LogP contribution in [0.2, 0.25) is 0 Å². The Kier molecular flexibility index (Phi) is 9.98. The molecule has 1 unspecified atom stereocenters. The van der Waals surface area contributed by atoms with Crippen molar-refractivity contribution in [3.05, 3.63) is 22.4 Å². The van der Waals surface area contributed by atoms with E-state index in [0.29, 0.717) is 38.7 Å². The number of guanidine groups is 1. The molecule has 1 aliphatic heterocycles. The number of carbonyl (C=O) groups is 1. The van der Waals surface area contributed by atoms with Crippen LogP contribution in [0.5, 0.6) is 0 Å². The summed E-state index contributed by atoms with van der Waals surface area (Å²) in [4.78, 5) is 22.2. The Hall–Kier alpha value is -1.08. The molecule has 2 heterocycles. The molecular formula is C17H27F3IN5OS. The number of hydrogen-bond donors (Lipinski definition) is 1. The zero-order chi connectivity index (χ0) is 20.0. The Morgan fingerprint density at radius 3 is 2.46 bits per heavy atom. The van der Waals surface area contributed by atoms with E-state index in [4.69, 9.17) is 0 Å². The van der Waals surface area contributed by atoms with E-state index in [2.05, 4.69) is 10.3 Å². The number of thiophene rings is 1. The van der Waals surface area contributed by atoms with E-state index in [9.17, 15) is 18.0 Å². The van der Waals surface area contributed by atoms with Gasteiger partial charge in [-0.15, -0.1) is 35.3 Å². The molecule has 1 aromatic heterocycles. The standard InChI is InChI=1S/C17H26F3N5OS.HI/c1-13(17(18,19)20)24-6-8-25(9-7-24)16(22-12-15(26)23(2)3)21-11-14-5-4-10-27-14;/h4-5,10,13H,6-9,11-12H2,1-3H3,(H,21,22);1H. The number of amides is 1. The summed E-state index contributed by atoms with van der Waals surface area (Å²) in [5, 5.41) is 5.21. The van der Waals surface area contributed by atoms with Gasteiger partial charge in [-0.1, -0.05) is 6.07 Å². The first-order valence-corrected chi connectivity index (χ1v) is 9.63. The van der Waals surface area contributed by atoms with Crippen molar-refractivity contribution in [2.45, 2.75) is 25.7 Å². The van der Waals surface area contributed by atoms with Crippen LogP contribution >= 0.6 is 35.3 Å². The molecule has 1 atom stereocenters. The third-order valence-electron chi connectivity index (χ3n) is 4.50. The number of nitrogens with one attached hydrogen (secondary N) is 1. The van der Waals surface area contributed by atoms with Crippen molar-refractivity contribution in [1.82, 2.24) is 20.0 Å². The smallest absolute Gasteiger partial charge is 0.351 e. The molecule has 0 bridgehead atoms. The van der Waals surface area contributed by atoms with Crippen molar-refractivity contribution in [3.63, 3.8) is 0 Å². The number of carbonyl (C=O) groups excluding carboxylic acids is 1. The van der Waals surface area contributed by atoms with Gasteiger partial charge in [-0.2, -0.15) is 13.2 Å². The molecule has 11 heteroatoms. The lowest BCUT2D eigenvalue weighted by atomic mass is 10.2. The van der Waals surface area contributed by atoms with Gasteiger partial charge in [0.25, 0.3) is 0 Å². The van der Waals surface area contributed by atoms with Crippen LogP contribution < -0.4 is 5.32 Å².